The van der Waals surface area contributed by atoms with Gasteiger partial charge < -0.3 is 24.1 Å². The summed E-state index contributed by atoms with van der Waals surface area (Å²) in [5.74, 6) is -1.47. The molecule has 1 atom stereocenters. The number of ether oxygens (including phenoxy) is 4. The first-order chi connectivity index (χ1) is 19.8. The minimum atomic E-state index is -1.09. The summed E-state index contributed by atoms with van der Waals surface area (Å²) in [6.45, 7) is 9.77. The van der Waals surface area contributed by atoms with E-state index in [2.05, 4.69) is 18.1 Å². The van der Waals surface area contributed by atoms with Crippen molar-refractivity contribution in [2.75, 3.05) is 31.3 Å². The topological polar surface area (TPSA) is 124 Å². The maximum absolute atomic E-state index is 13.6. The fourth-order valence-electron chi connectivity index (χ4n) is 4.50. The molecule has 10 nitrogen and oxygen atoms in total. The highest BCUT2D eigenvalue weighted by Gasteiger charge is 2.48. The number of carbonyl (C=O) groups is 3. The fourth-order valence-corrected chi connectivity index (χ4v) is 5.48. The smallest absolute Gasteiger partial charge is 0.350 e. The van der Waals surface area contributed by atoms with Crippen molar-refractivity contribution in [1.82, 2.24) is 4.98 Å². The number of aliphatic hydroxyl groups excluding tert-OH is 1. The average molecular weight is 575 g/mol. The van der Waals surface area contributed by atoms with Crippen molar-refractivity contribution in [3.63, 3.8) is 0 Å². The number of ketones is 1. The number of hydrogen-bond acceptors (Lipinski definition) is 10. The summed E-state index contributed by atoms with van der Waals surface area (Å²) in [7, 11) is 0. The molecule has 0 aliphatic carbocycles. The van der Waals surface area contributed by atoms with Gasteiger partial charge in [-0.1, -0.05) is 48.8 Å². The highest BCUT2D eigenvalue weighted by Crippen LogP contribution is 2.45. The van der Waals surface area contributed by atoms with Gasteiger partial charge >= 0.3 is 11.9 Å². The minimum Gasteiger partial charge on any atom is -0.507 e. The Labute approximate surface area is 239 Å². The summed E-state index contributed by atoms with van der Waals surface area (Å²) in [6.07, 6.45) is 3.03. The molecule has 5 rings (SSSR count). The molecule has 2 aliphatic heterocycles. The highest BCUT2D eigenvalue weighted by atomic mass is 32.1. The molecule has 0 bridgehead atoms. The van der Waals surface area contributed by atoms with Crippen molar-refractivity contribution in [2.45, 2.75) is 13.0 Å². The summed E-state index contributed by atoms with van der Waals surface area (Å²) in [5.41, 5.74) is 0.916. The second-order valence-electron chi connectivity index (χ2n) is 9.00. The number of amides is 1. The highest BCUT2D eigenvalue weighted by molar-refractivity contribution is 7.17. The van der Waals surface area contributed by atoms with Crippen LogP contribution in [0.1, 0.15) is 32.5 Å². The number of benzene rings is 2. The lowest BCUT2D eigenvalue weighted by molar-refractivity contribution is -0.132. The third-order valence-electron chi connectivity index (χ3n) is 6.31. The van der Waals surface area contributed by atoms with Crippen molar-refractivity contribution < 1.29 is 38.4 Å². The Balaban J connectivity index is 1.65. The van der Waals surface area contributed by atoms with Gasteiger partial charge in [-0.2, -0.15) is 0 Å². The largest absolute Gasteiger partial charge is 0.507 e. The molecule has 210 valence electrons. The number of hydrogen-bond donors (Lipinski definition) is 1. The molecule has 41 heavy (non-hydrogen) atoms. The quantitative estimate of drug-likeness (QED) is 0.127. The van der Waals surface area contributed by atoms with Gasteiger partial charge in [0.05, 0.1) is 17.3 Å². The van der Waals surface area contributed by atoms with Crippen LogP contribution in [0.25, 0.3) is 5.76 Å². The van der Waals surface area contributed by atoms with E-state index in [4.69, 9.17) is 18.9 Å². The van der Waals surface area contributed by atoms with Gasteiger partial charge in [0, 0.05) is 5.56 Å². The van der Waals surface area contributed by atoms with Crippen LogP contribution >= 0.6 is 11.3 Å². The number of rotatable bonds is 9. The first-order valence-electron chi connectivity index (χ1n) is 12.6. The van der Waals surface area contributed by atoms with E-state index in [1.54, 1.807) is 55.5 Å². The molecule has 2 aromatic carbocycles. The summed E-state index contributed by atoms with van der Waals surface area (Å²) in [6, 6.07) is 10.5. The number of aryl methyl sites for hydroxylation is 1. The van der Waals surface area contributed by atoms with Gasteiger partial charge in [0.15, 0.2) is 16.6 Å². The van der Waals surface area contributed by atoms with E-state index in [0.29, 0.717) is 41.7 Å². The van der Waals surface area contributed by atoms with Crippen LogP contribution in [-0.2, 0) is 14.3 Å². The number of Topliss-reactive ketones (excluding diaryl/α,β-unsaturated/α-hetero) is 1. The lowest BCUT2D eigenvalue weighted by atomic mass is 9.95. The predicted molar refractivity (Wildman–Crippen MR) is 152 cm³/mol. The molecule has 3 aromatic rings. The normalized spacial score (nSPS) is 17.3. The van der Waals surface area contributed by atoms with E-state index in [-0.39, 0.29) is 34.4 Å². The summed E-state index contributed by atoms with van der Waals surface area (Å²) in [5, 5.41) is 11.6. The molecule has 2 aliphatic rings. The van der Waals surface area contributed by atoms with Crippen LogP contribution in [0.4, 0.5) is 5.13 Å². The molecule has 1 unspecified atom stereocenters. The molecule has 1 saturated heterocycles. The van der Waals surface area contributed by atoms with E-state index in [1.165, 1.54) is 11.0 Å². The molecule has 3 heterocycles. The van der Waals surface area contributed by atoms with Gasteiger partial charge in [-0.05, 0) is 42.8 Å². The molecule has 1 N–H and O–H groups in total. The van der Waals surface area contributed by atoms with Crippen LogP contribution in [0.3, 0.4) is 0 Å². The number of carbonyl (C=O) groups excluding carboxylic acids is 3. The zero-order valence-corrected chi connectivity index (χ0v) is 22.9. The van der Waals surface area contributed by atoms with Gasteiger partial charge in [0.2, 0.25) is 0 Å². The van der Waals surface area contributed by atoms with E-state index < -0.39 is 29.5 Å². The van der Waals surface area contributed by atoms with E-state index >= 15 is 0 Å². The number of esters is 1. The predicted octanol–water partition coefficient (Wildman–Crippen LogP) is 4.76. The second kappa shape index (κ2) is 11.7. The van der Waals surface area contributed by atoms with Gasteiger partial charge in [0.1, 0.15) is 42.8 Å². The van der Waals surface area contributed by atoms with Crippen LogP contribution in [0, 0.1) is 6.92 Å². The van der Waals surface area contributed by atoms with E-state index in [0.717, 1.165) is 11.3 Å². The fraction of sp³-hybridized carbons (Fsp3) is 0.200. The Morgan fingerprint density at radius 1 is 1.12 bits per heavy atom. The molecular formula is C30H26N2O8S. The number of aromatic nitrogens is 1. The number of aliphatic hydroxyl groups is 1. The Bertz CT molecular complexity index is 1590. The number of nitrogens with zero attached hydrogens (tertiary/aromatic N) is 2. The van der Waals surface area contributed by atoms with Crippen molar-refractivity contribution in [3.05, 3.63) is 95.0 Å². The summed E-state index contributed by atoms with van der Waals surface area (Å²) < 4.78 is 22.1. The molecule has 1 aromatic heterocycles. The third kappa shape index (κ3) is 5.31. The first kappa shape index (κ1) is 27.7. The molecule has 1 amide bonds. The number of anilines is 1. The average Bonchev–Trinajstić information content (AvgIpc) is 3.50. The minimum absolute atomic E-state index is 0.00303. The first-order valence-corrected chi connectivity index (χ1v) is 13.5. The van der Waals surface area contributed by atoms with Gasteiger partial charge in [-0.3, -0.25) is 14.5 Å². The van der Waals surface area contributed by atoms with Crippen LogP contribution < -0.4 is 19.1 Å². The van der Waals surface area contributed by atoms with Crippen LogP contribution in [0.5, 0.6) is 17.2 Å². The molecule has 0 radical (unpaired) electrons. The van der Waals surface area contributed by atoms with Gasteiger partial charge in [-0.15, -0.1) is 0 Å². The van der Waals surface area contributed by atoms with Crippen molar-refractivity contribution >= 4 is 39.9 Å². The molecular weight excluding hydrogens is 548 g/mol. The summed E-state index contributed by atoms with van der Waals surface area (Å²) >= 11 is 0.913. The van der Waals surface area contributed by atoms with Crippen LogP contribution in [0.2, 0.25) is 0 Å². The van der Waals surface area contributed by atoms with Crippen molar-refractivity contribution in [1.29, 1.82) is 0 Å². The number of thiazole rings is 1. The molecule has 1 fully saturated rings. The van der Waals surface area contributed by atoms with Crippen molar-refractivity contribution in [2.24, 2.45) is 0 Å². The Kier molecular flexibility index (Phi) is 7.88. The van der Waals surface area contributed by atoms with Crippen molar-refractivity contribution in [3.8, 4) is 17.2 Å². The van der Waals surface area contributed by atoms with E-state index in [1.807, 2.05) is 0 Å². The lowest BCUT2D eigenvalue weighted by Gasteiger charge is -2.23. The zero-order valence-electron chi connectivity index (χ0n) is 22.1. The standard InChI is InChI=1S/C30H26N2O8S/c1-4-11-37-20-8-6-7-18(15-20)24-23(25(33)19-9-10-21-22(16-19)39-14-13-38-21)26(34)28(35)32(24)30-31-17(3)27(41-30)29(36)40-12-5-2/h4-10,15-16,24,33H,1-2,11-14H2,3H3. The zero-order chi connectivity index (χ0) is 29.1. The Hall–Kier alpha value is -4.90. The van der Waals surface area contributed by atoms with E-state index in [9.17, 15) is 19.5 Å². The molecule has 0 saturated carbocycles. The molecule has 0 spiro atoms. The SMILES string of the molecule is C=CCOC(=O)c1sc(N2C(=O)C(=O)C(=C(O)c3ccc4c(c3)OCCO4)C2c2cccc(OCC=C)c2)nc1C. The maximum Gasteiger partial charge on any atom is 0.350 e. The monoisotopic (exact) mass is 574 g/mol. The Morgan fingerprint density at radius 3 is 2.63 bits per heavy atom. The number of fused-ring (bicyclic) bond motifs is 1. The van der Waals surface area contributed by atoms with Crippen LogP contribution in [-0.4, -0.2) is 54.2 Å². The Morgan fingerprint density at radius 2 is 1.88 bits per heavy atom. The second-order valence-corrected chi connectivity index (χ2v) is 9.98. The lowest BCUT2D eigenvalue weighted by Crippen LogP contribution is -2.29. The third-order valence-corrected chi connectivity index (χ3v) is 7.45. The summed E-state index contributed by atoms with van der Waals surface area (Å²) in [4.78, 5) is 45.5. The van der Waals surface area contributed by atoms with Gasteiger partial charge in [0.25, 0.3) is 5.78 Å². The van der Waals surface area contributed by atoms with Gasteiger partial charge in [-0.25, -0.2) is 9.78 Å². The molecule has 11 heteroatoms. The maximum atomic E-state index is 13.6. The van der Waals surface area contributed by atoms with Crippen LogP contribution in [0.15, 0.2) is 73.3 Å².